The monoisotopic (exact) mass is 397 g/mol. The Morgan fingerprint density at radius 1 is 1.17 bits per heavy atom. The normalized spacial score (nSPS) is 9.79. The summed E-state index contributed by atoms with van der Waals surface area (Å²) in [6.07, 6.45) is 1.69. The van der Waals surface area contributed by atoms with Gasteiger partial charge in [-0.05, 0) is 24.1 Å². The highest BCUT2D eigenvalue weighted by molar-refractivity contribution is 5.70. The number of aromatic nitrogens is 2. The lowest BCUT2D eigenvalue weighted by atomic mass is 10.1. The first-order valence-electron chi connectivity index (χ1n) is 8.48. The summed E-state index contributed by atoms with van der Waals surface area (Å²) in [5.41, 5.74) is 0.549. The second-order valence-electron chi connectivity index (χ2n) is 5.69. The number of nitro groups is 1. The quantitative estimate of drug-likeness (QED) is 0.357. The third-order valence-corrected chi connectivity index (χ3v) is 3.96. The second-order valence-corrected chi connectivity index (χ2v) is 5.69. The van der Waals surface area contributed by atoms with Crippen molar-refractivity contribution in [2.75, 3.05) is 44.1 Å². The van der Waals surface area contributed by atoms with E-state index in [1.807, 2.05) is 24.3 Å². The van der Waals surface area contributed by atoms with Gasteiger partial charge in [-0.3, -0.25) is 10.1 Å². The highest BCUT2D eigenvalue weighted by atomic mass is 16.6. The molecule has 1 heterocycles. The average Bonchev–Trinajstić information content (AvgIpc) is 2.73. The van der Waals surface area contributed by atoms with E-state index < -0.39 is 4.92 Å². The van der Waals surface area contributed by atoms with Crippen molar-refractivity contribution in [1.82, 2.24) is 9.97 Å². The smallest absolute Gasteiger partial charge is 0.353 e. The minimum atomic E-state index is -0.629. The van der Waals surface area contributed by atoms with E-state index in [2.05, 4.69) is 15.3 Å². The molecule has 2 aromatic rings. The van der Waals surface area contributed by atoms with Gasteiger partial charge in [0.25, 0.3) is 0 Å². The Bertz CT molecular complexity index is 936. The third kappa shape index (κ3) is 5.20. The fourth-order valence-corrected chi connectivity index (χ4v) is 2.64. The maximum Gasteiger partial charge on any atom is 0.353 e. The molecule has 0 aliphatic carbocycles. The molecular weight excluding hydrogens is 378 g/mol. The number of hydrogen-bond donors (Lipinski definition) is 1. The standard InChI is InChI=1S/C18H19N7O4/c1-28-14-4-3-13(11-15(14)29-2)5-8-21-17-16(25(26)27)18(23-12-22-17)24(9-6-19)10-7-20/h3-4,11-12H,5,8-10H2,1-2H3,(H,21,22,23). The van der Waals surface area contributed by atoms with E-state index in [9.17, 15) is 10.1 Å². The van der Waals surface area contributed by atoms with Gasteiger partial charge in [0.15, 0.2) is 11.5 Å². The molecule has 1 aromatic carbocycles. The van der Waals surface area contributed by atoms with Crippen molar-refractivity contribution >= 4 is 17.3 Å². The topological polar surface area (TPSA) is 150 Å². The predicted molar refractivity (Wildman–Crippen MR) is 104 cm³/mol. The fourth-order valence-electron chi connectivity index (χ4n) is 2.64. The molecule has 0 spiro atoms. The van der Waals surface area contributed by atoms with Gasteiger partial charge in [0.05, 0.1) is 31.3 Å². The van der Waals surface area contributed by atoms with E-state index in [0.29, 0.717) is 24.5 Å². The molecule has 1 aromatic heterocycles. The number of nitrogens with one attached hydrogen (secondary N) is 1. The Morgan fingerprint density at radius 3 is 2.45 bits per heavy atom. The molecule has 0 saturated carbocycles. The van der Waals surface area contributed by atoms with E-state index in [1.54, 1.807) is 20.3 Å². The molecule has 0 unspecified atom stereocenters. The predicted octanol–water partition coefficient (Wildman–Crippen LogP) is 1.91. The Hall–Kier alpha value is -4.12. The van der Waals surface area contributed by atoms with Crippen LogP contribution in [0.15, 0.2) is 24.5 Å². The summed E-state index contributed by atoms with van der Waals surface area (Å²) in [6.45, 7) is -0.0731. The zero-order valence-corrected chi connectivity index (χ0v) is 16.0. The van der Waals surface area contributed by atoms with Gasteiger partial charge in [0, 0.05) is 6.54 Å². The molecule has 0 bridgehead atoms. The molecule has 150 valence electrons. The summed E-state index contributed by atoms with van der Waals surface area (Å²) in [6, 6.07) is 9.21. The number of rotatable bonds is 10. The number of benzene rings is 1. The van der Waals surface area contributed by atoms with E-state index in [0.717, 1.165) is 11.9 Å². The zero-order chi connectivity index (χ0) is 21.2. The van der Waals surface area contributed by atoms with Crippen LogP contribution >= 0.6 is 0 Å². The molecule has 0 saturated heterocycles. The molecule has 29 heavy (non-hydrogen) atoms. The number of hydrogen-bond acceptors (Lipinski definition) is 10. The summed E-state index contributed by atoms with van der Waals surface area (Å²) < 4.78 is 10.5. The number of nitrogens with zero attached hydrogens (tertiary/aromatic N) is 6. The van der Waals surface area contributed by atoms with Crippen LogP contribution in [0, 0.1) is 32.8 Å². The van der Waals surface area contributed by atoms with Gasteiger partial charge in [-0.2, -0.15) is 10.5 Å². The number of ether oxygens (including phenoxy) is 2. The summed E-state index contributed by atoms with van der Waals surface area (Å²) in [7, 11) is 3.09. The summed E-state index contributed by atoms with van der Waals surface area (Å²) >= 11 is 0. The van der Waals surface area contributed by atoms with Crippen LogP contribution in [0.4, 0.5) is 17.3 Å². The molecule has 0 fully saturated rings. The Balaban J connectivity index is 2.21. The van der Waals surface area contributed by atoms with E-state index in [1.165, 1.54) is 4.90 Å². The average molecular weight is 397 g/mol. The van der Waals surface area contributed by atoms with Crippen molar-refractivity contribution in [3.63, 3.8) is 0 Å². The number of methoxy groups -OCH3 is 2. The van der Waals surface area contributed by atoms with Gasteiger partial charge >= 0.3 is 5.69 Å². The molecule has 0 aliphatic heterocycles. The summed E-state index contributed by atoms with van der Waals surface area (Å²) in [5.74, 6) is 1.13. The first-order chi connectivity index (χ1) is 14.0. The molecule has 11 nitrogen and oxygen atoms in total. The number of anilines is 2. The lowest BCUT2D eigenvalue weighted by Gasteiger charge is -2.17. The minimum absolute atomic E-state index is 0.0151. The first kappa shape index (κ1) is 21.2. The van der Waals surface area contributed by atoms with E-state index in [-0.39, 0.29) is 30.4 Å². The maximum atomic E-state index is 11.6. The van der Waals surface area contributed by atoms with Crippen molar-refractivity contribution in [2.24, 2.45) is 0 Å². The number of nitriles is 2. The lowest BCUT2D eigenvalue weighted by molar-refractivity contribution is -0.383. The van der Waals surface area contributed by atoms with Crippen LogP contribution in [-0.2, 0) is 6.42 Å². The molecule has 0 amide bonds. The van der Waals surface area contributed by atoms with Crippen LogP contribution in [0.5, 0.6) is 11.5 Å². The van der Waals surface area contributed by atoms with Crippen LogP contribution < -0.4 is 19.7 Å². The van der Waals surface area contributed by atoms with Crippen molar-refractivity contribution in [3.05, 3.63) is 40.2 Å². The van der Waals surface area contributed by atoms with Crippen molar-refractivity contribution in [3.8, 4) is 23.6 Å². The zero-order valence-electron chi connectivity index (χ0n) is 16.0. The molecule has 0 radical (unpaired) electrons. The molecule has 2 rings (SSSR count). The molecular formula is C18H19N7O4. The van der Waals surface area contributed by atoms with Gasteiger partial charge < -0.3 is 19.7 Å². The Labute approximate surface area is 167 Å². The largest absolute Gasteiger partial charge is 0.493 e. The van der Waals surface area contributed by atoms with Gasteiger partial charge in [-0.25, -0.2) is 9.97 Å². The lowest BCUT2D eigenvalue weighted by Crippen LogP contribution is -2.26. The van der Waals surface area contributed by atoms with Crippen LogP contribution in [0.1, 0.15) is 5.56 Å². The Morgan fingerprint density at radius 2 is 1.86 bits per heavy atom. The van der Waals surface area contributed by atoms with Crippen molar-refractivity contribution in [1.29, 1.82) is 10.5 Å². The van der Waals surface area contributed by atoms with Crippen LogP contribution in [-0.4, -0.2) is 48.7 Å². The van der Waals surface area contributed by atoms with Crippen molar-refractivity contribution in [2.45, 2.75) is 6.42 Å². The van der Waals surface area contributed by atoms with Gasteiger partial charge in [-0.1, -0.05) is 6.07 Å². The molecule has 0 aliphatic rings. The SMILES string of the molecule is COc1ccc(CCNc2ncnc(N(CC#N)CC#N)c2[N+](=O)[O-])cc1OC. The maximum absolute atomic E-state index is 11.6. The Kier molecular flexibility index (Phi) is 7.51. The molecule has 0 atom stereocenters. The van der Waals surface area contributed by atoms with Gasteiger partial charge in [0.2, 0.25) is 11.6 Å². The van der Waals surface area contributed by atoms with Crippen LogP contribution in [0.2, 0.25) is 0 Å². The third-order valence-electron chi connectivity index (χ3n) is 3.96. The van der Waals surface area contributed by atoms with Crippen LogP contribution in [0.25, 0.3) is 0 Å². The highest BCUT2D eigenvalue weighted by Gasteiger charge is 2.26. The van der Waals surface area contributed by atoms with Gasteiger partial charge in [-0.15, -0.1) is 0 Å². The summed E-state index contributed by atoms with van der Waals surface area (Å²) in [4.78, 5) is 20.1. The fraction of sp³-hybridized carbons (Fsp3) is 0.333. The molecule has 11 heteroatoms. The second kappa shape index (κ2) is 10.3. The summed E-state index contributed by atoms with van der Waals surface area (Å²) in [5, 5.41) is 32.4. The first-order valence-corrected chi connectivity index (χ1v) is 8.48. The minimum Gasteiger partial charge on any atom is -0.493 e. The van der Waals surface area contributed by atoms with Crippen molar-refractivity contribution < 1.29 is 14.4 Å². The van der Waals surface area contributed by atoms with Gasteiger partial charge in [0.1, 0.15) is 19.4 Å². The molecule has 1 N–H and O–H groups in total. The highest BCUT2D eigenvalue weighted by Crippen LogP contribution is 2.32. The van der Waals surface area contributed by atoms with E-state index in [4.69, 9.17) is 20.0 Å². The van der Waals surface area contributed by atoms with Crippen LogP contribution in [0.3, 0.4) is 0 Å². The van der Waals surface area contributed by atoms with E-state index >= 15 is 0 Å².